The topological polar surface area (TPSA) is 52.0 Å². The zero-order valence-corrected chi connectivity index (χ0v) is 10.3. The molecule has 0 radical (unpaired) electrons. The number of aryl methyl sites for hydroxylation is 1. The first kappa shape index (κ1) is 10.4. The van der Waals surface area contributed by atoms with Gasteiger partial charge in [-0.2, -0.15) is 0 Å². The summed E-state index contributed by atoms with van der Waals surface area (Å²) in [6, 6.07) is 10.2. The molecule has 0 saturated carbocycles. The second-order valence-electron chi connectivity index (χ2n) is 4.02. The lowest BCUT2D eigenvalue weighted by atomic mass is 10.1. The fraction of sp³-hybridized carbons (Fsp3) is 0.154. The van der Waals surface area contributed by atoms with Crippen LogP contribution in [-0.2, 0) is 6.42 Å². The molecule has 2 N–H and O–H groups in total. The van der Waals surface area contributed by atoms with Crippen molar-refractivity contribution in [2.75, 3.05) is 5.73 Å². The highest BCUT2D eigenvalue weighted by Gasteiger charge is 2.15. The number of hydrogen-bond acceptors (Lipinski definition) is 4. The van der Waals surface area contributed by atoms with E-state index in [1.807, 2.05) is 25.1 Å². The maximum atomic E-state index is 5.92. The van der Waals surface area contributed by atoms with Gasteiger partial charge in [0, 0.05) is 11.3 Å². The lowest BCUT2D eigenvalue weighted by molar-refractivity contribution is 0.449. The van der Waals surface area contributed by atoms with Crippen molar-refractivity contribution < 1.29 is 4.52 Å². The molecule has 0 bridgehead atoms. The summed E-state index contributed by atoms with van der Waals surface area (Å²) >= 11 is 1.65. The molecule has 2 heterocycles. The van der Waals surface area contributed by atoms with E-state index < -0.39 is 0 Å². The van der Waals surface area contributed by atoms with E-state index in [2.05, 4.69) is 17.3 Å². The van der Waals surface area contributed by atoms with Crippen LogP contribution >= 0.6 is 11.3 Å². The molecule has 0 amide bonds. The van der Waals surface area contributed by atoms with Gasteiger partial charge in [0.2, 0.25) is 5.58 Å². The summed E-state index contributed by atoms with van der Waals surface area (Å²) in [7, 11) is 0. The molecule has 17 heavy (non-hydrogen) atoms. The predicted molar refractivity (Wildman–Crippen MR) is 70.3 cm³/mol. The predicted octanol–water partition coefficient (Wildman–Crippen LogP) is 3.37. The molecule has 2 aromatic heterocycles. The fourth-order valence-corrected chi connectivity index (χ4v) is 2.84. The quantitative estimate of drug-likeness (QED) is 0.752. The van der Waals surface area contributed by atoms with Crippen molar-refractivity contribution in [2.24, 2.45) is 0 Å². The van der Waals surface area contributed by atoms with Crippen LogP contribution in [0.25, 0.3) is 10.3 Å². The molecular formula is C13H12N2OS. The molecule has 4 heteroatoms. The van der Waals surface area contributed by atoms with Gasteiger partial charge in [0.1, 0.15) is 10.4 Å². The fourth-order valence-electron chi connectivity index (χ4n) is 1.86. The molecule has 0 unspecified atom stereocenters. The number of rotatable bonds is 2. The molecule has 0 spiro atoms. The summed E-state index contributed by atoms with van der Waals surface area (Å²) < 4.78 is 6.38. The first-order valence-corrected chi connectivity index (χ1v) is 6.24. The van der Waals surface area contributed by atoms with Gasteiger partial charge in [0.25, 0.3) is 0 Å². The van der Waals surface area contributed by atoms with Gasteiger partial charge in [-0.05, 0) is 12.5 Å². The van der Waals surface area contributed by atoms with Crippen molar-refractivity contribution in [3.8, 4) is 0 Å². The standard InChI is InChI=1S/C13H12N2OS/c1-8-11(14)12-13(17-8)10(15-16-12)7-9-5-3-2-4-6-9/h2-6H,7,14H2,1H3. The Labute approximate surface area is 103 Å². The highest BCUT2D eigenvalue weighted by molar-refractivity contribution is 7.19. The summed E-state index contributed by atoms with van der Waals surface area (Å²) in [5, 5.41) is 4.11. The Balaban J connectivity index is 2.04. The molecule has 0 aliphatic heterocycles. The lowest BCUT2D eigenvalue weighted by Gasteiger charge is -1.95. The van der Waals surface area contributed by atoms with E-state index in [1.54, 1.807) is 11.3 Å². The molecule has 0 aliphatic rings. The molecule has 1 aromatic carbocycles. The average molecular weight is 244 g/mol. The van der Waals surface area contributed by atoms with E-state index in [1.165, 1.54) is 5.56 Å². The van der Waals surface area contributed by atoms with Crippen LogP contribution in [0.15, 0.2) is 34.9 Å². The summed E-state index contributed by atoms with van der Waals surface area (Å²) in [4.78, 5) is 1.09. The smallest absolute Gasteiger partial charge is 0.201 e. The summed E-state index contributed by atoms with van der Waals surface area (Å²) in [5.74, 6) is 0. The number of fused-ring (bicyclic) bond motifs is 1. The lowest BCUT2D eigenvalue weighted by Crippen LogP contribution is -1.86. The zero-order valence-electron chi connectivity index (χ0n) is 9.43. The maximum Gasteiger partial charge on any atom is 0.201 e. The number of thiophene rings is 1. The average Bonchev–Trinajstić information content (AvgIpc) is 2.84. The second-order valence-corrected chi connectivity index (χ2v) is 5.25. The molecule has 0 aliphatic carbocycles. The maximum absolute atomic E-state index is 5.92. The van der Waals surface area contributed by atoms with Gasteiger partial charge in [-0.3, -0.25) is 0 Å². The van der Waals surface area contributed by atoms with E-state index in [0.29, 0.717) is 0 Å². The van der Waals surface area contributed by atoms with Crippen LogP contribution in [0.4, 0.5) is 5.69 Å². The number of nitrogen functional groups attached to an aromatic ring is 1. The molecule has 3 rings (SSSR count). The number of anilines is 1. The summed E-state index contributed by atoms with van der Waals surface area (Å²) in [5.41, 5.74) is 9.57. The highest BCUT2D eigenvalue weighted by Crippen LogP contribution is 2.35. The van der Waals surface area contributed by atoms with E-state index in [-0.39, 0.29) is 0 Å². The minimum Gasteiger partial charge on any atom is -0.395 e. The van der Waals surface area contributed by atoms with E-state index in [0.717, 1.165) is 33.0 Å². The monoisotopic (exact) mass is 244 g/mol. The van der Waals surface area contributed by atoms with Gasteiger partial charge in [-0.1, -0.05) is 35.5 Å². The van der Waals surface area contributed by atoms with Crippen molar-refractivity contribution in [1.82, 2.24) is 5.16 Å². The Bertz CT molecular complexity index is 655. The molecule has 0 saturated heterocycles. The van der Waals surface area contributed by atoms with Gasteiger partial charge >= 0.3 is 0 Å². The minimum absolute atomic E-state index is 0.719. The van der Waals surface area contributed by atoms with Crippen LogP contribution in [0, 0.1) is 6.92 Å². The van der Waals surface area contributed by atoms with Crippen LogP contribution in [0.3, 0.4) is 0 Å². The van der Waals surface area contributed by atoms with Crippen molar-refractivity contribution >= 4 is 27.3 Å². The van der Waals surface area contributed by atoms with Crippen LogP contribution in [0.2, 0.25) is 0 Å². The number of nitrogens with zero attached hydrogens (tertiary/aromatic N) is 1. The van der Waals surface area contributed by atoms with Crippen molar-refractivity contribution in [3.05, 3.63) is 46.5 Å². The number of aromatic nitrogens is 1. The third-order valence-electron chi connectivity index (χ3n) is 2.81. The van der Waals surface area contributed by atoms with Gasteiger partial charge in [-0.15, -0.1) is 11.3 Å². The Morgan fingerprint density at radius 2 is 2.06 bits per heavy atom. The first-order valence-electron chi connectivity index (χ1n) is 5.43. The third-order valence-corrected chi connectivity index (χ3v) is 3.96. The van der Waals surface area contributed by atoms with Gasteiger partial charge in [-0.25, -0.2) is 0 Å². The van der Waals surface area contributed by atoms with E-state index in [9.17, 15) is 0 Å². The normalized spacial score (nSPS) is 11.1. The summed E-state index contributed by atoms with van der Waals surface area (Å²) in [6.07, 6.45) is 0.785. The minimum atomic E-state index is 0.719. The molecule has 86 valence electrons. The number of hydrogen-bond donors (Lipinski definition) is 1. The second kappa shape index (κ2) is 3.89. The molecule has 0 atom stereocenters. The molecule has 3 aromatic rings. The number of nitrogens with two attached hydrogens (primary N) is 1. The molecule has 3 nitrogen and oxygen atoms in total. The zero-order chi connectivity index (χ0) is 11.8. The van der Waals surface area contributed by atoms with Gasteiger partial charge < -0.3 is 10.3 Å². The van der Waals surface area contributed by atoms with Crippen molar-refractivity contribution in [3.63, 3.8) is 0 Å². The van der Waals surface area contributed by atoms with Crippen molar-refractivity contribution in [2.45, 2.75) is 13.3 Å². The van der Waals surface area contributed by atoms with Crippen LogP contribution in [-0.4, -0.2) is 5.16 Å². The molecular weight excluding hydrogens is 232 g/mol. The number of benzene rings is 1. The Hall–Kier alpha value is -1.81. The van der Waals surface area contributed by atoms with Gasteiger partial charge in [0.05, 0.1) is 5.69 Å². The Morgan fingerprint density at radius 1 is 1.29 bits per heavy atom. The molecule has 0 fully saturated rings. The van der Waals surface area contributed by atoms with E-state index in [4.69, 9.17) is 10.3 Å². The Morgan fingerprint density at radius 3 is 2.82 bits per heavy atom. The van der Waals surface area contributed by atoms with Crippen LogP contribution in [0.1, 0.15) is 16.1 Å². The van der Waals surface area contributed by atoms with Crippen LogP contribution < -0.4 is 5.73 Å². The largest absolute Gasteiger partial charge is 0.395 e. The SMILES string of the molecule is Cc1sc2c(Cc3ccccc3)noc2c1N. The van der Waals surface area contributed by atoms with Gasteiger partial charge in [0.15, 0.2) is 0 Å². The first-order chi connectivity index (χ1) is 8.25. The highest BCUT2D eigenvalue weighted by atomic mass is 32.1. The van der Waals surface area contributed by atoms with Crippen LogP contribution in [0.5, 0.6) is 0 Å². The van der Waals surface area contributed by atoms with E-state index >= 15 is 0 Å². The summed E-state index contributed by atoms with van der Waals surface area (Å²) in [6.45, 7) is 2.00. The third kappa shape index (κ3) is 1.70. The Kier molecular flexibility index (Phi) is 2.37. The van der Waals surface area contributed by atoms with Crippen molar-refractivity contribution in [1.29, 1.82) is 0 Å².